The Morgan fingerprint density at radius 3 is 2.55 bits per heavy atom. The Labute approximate surface area is 125 Å². The number of carboxylic acid groups (broad SMARTS) is 1. The zero-order valence-electron chi connectivity index (χ0n) is 12.0. The Hall–Kier alpha value is -1.00. The lowest BCUT2D eigenvalue weighted by Gasteiger charge is -2.31. The van der Waals surface area contributed by atoms with Crippen molar-refractivity contribution < 1.29 is 9.90 Å². The molecule has 1 unspecified atom stereocenters. The number of rotatable bonds is 7. The number of benzene rings is 1. The van der Waals surface area contributed by atoms with Gasteiger partial charge in [0.1, 0.15) is 0 Å². The molecule has 110 valence electrons. The van der Waals surface area contributed by atoms with E-state index in [4.69, 9.17) is 0 Å². The van der Waals surface area contributed by atoms with Crippen molar-refractivity contribution in [1.29, 1.82) is 0 Å². The van der Waals surface area contributed by atoms with E-state index in [2.05, 4.69) is 5.32 Å². The number of carbonyl (C=O) groups is 1. The third kappa shape index (κ3) is 3.36. The maximum absolute atomic E-state index is 11.9. The Bertz CT molecular complexity index is 431. The minimum atomic E-state index is -0.969. The number of thioether (sulfide) groups is 1. The van der Waals surface area contributed by atoms with Gasteiger partial charge < -0.3 is 5.11 Å². The first-order valence-electron chi connectivity index (χ1n) is 7.34. The molecule has 20 heavy (non-hydrogen) atoms. The molecule has 1 aromatic carbocycles. The van der Waals surface area contributed by atoms with Crippen molar-refractivity contribution in [3.63, 3.8) is 0 Å². The van der Waals surface area contributed by atoms with E-state index in [1.807, 2.05) is 49.0 Å². The van der Waals surface area contributed by atoms with Gasteiger partial charge in [-0.1, -0.05) is 50.1 Å². The highest BCUT2D eigenvalue weighted by molar-refractivity contribution is 8.00. The molecule has 0 spiro atoms. The van der Waals surface area contributed by atoms with Gasteiger partial charge in [-0.15, -0.1) is 0 Å². The van der Waals surface area contributed by atoms with Gasteiger partial charge in [0.2, 0.25) is 0 Å². The maximum atomic E-state index is 11.9. The van der Waals surface area contributed by atoms with Crippen LogP contribution in [0, 0.1) is 0 Å². The van der Waals surface area contributed by atoms with E-state index in [0.717, 1.165) is 5.56 Å². The fourth-order valence-electron chi connectivity index (χ4n) is 2.82. The molecule has 1 fully saturated rings. The van der Waals surface area contributed by atoms with Gasteiger partial charge in [0.05, 0.1) is 0 Å². The minimum absolute atomic E-state index is 0.588. The van der Waals surface area contributed by atoms with Crippen molar-refractivity contribution in [3.8, 4) is 0 Å². The lowest BCUT2D eigenvalue weighted by atomic mass is 9.92. The van der Waals surface area contributed by atoms with Crippen LogP contribution < -0.4 is 5.32 Å². The van der Waals surface area contributed by atoms with Crippen LogP contribution in [0.1, 0.15) is 38.2 Å². The molecule has 0 saturated heterocycles. The zero-order valence-corrected chi connectivity index (χ0v) is 12.8. The number of hydrogen-bond donors (Lipinski definition) is 2. The second kappa shape index (κ2) is 7.14. The van der Waals surface area contributed by atoms with Gasteiger partial charge in [0, 0.05) is 11.0 Å². The van der Waals surface area contributed by atoms with Gasteiger partial charge in [0.15, 0.2) is 5.54 Å². The Kier molecular flexibility index (Phi) is 5.49. The largest absolute Gasteiger partial charge is 0.480 e. The zero-order chi connectivity index (χ0) is 14.4. The Morgan fingerprint density at radius 1 is 1.35 bits per heavy atom. The Balaban J connectivity index is 2.19. The summed E-state index contributed by atoms with van der Waals surface area (Å²) in [6.07, 6.45) is 5.01. The molecule has 0 heterocycles. The van der Waals surface area contributed by atoms with E-state index < -0.39 is 11.5 Å². The lowest BCUT2D eigenvalue weighted by Crippen LogP contribution is -2.51. The number of hydrogen-bond acceptors (Lipinski definition) is 3. The number of aliphatic carboxylic acids is 1. The van der Waals surface area contributed by atoms with Crippen LogP contribution in [0.3, 0.4) is 0 Å². The molecule has 1 aliphatic carbocycles. The Morgan fingerprint density at radius 2 is 2.00 bits per heavy atom. The highest BCUT2D eigenvalue weighted by atomic mass is 32.2. The van der Waals surface area contributed by atoms with E-state index in [1.165, 1.54) is 25.7 Å². The summed E-state index contributed by atoms with van der Waals surface area (Å²) in [5.41, 5.74) is -0.122. The van der Waals surface area contributed by atoms with Gasteiger partial charge in [-0.3, -0.25) is 5.32 Å². The second-order valence-corrected chi connectivity index (χ2v) is 6.61. The highest BCUT2D eigenvalue weighted by Crippen LogP contribution is 2.34. The van der Waals surface area contributed by atoms with E-state index in [0.29, 0.717) is 17.5 Å². The monoisotopic (exact) mass is 293 g/mol. The normalized spacial score (nSPS) is 18.9. The molecule has 4 heteroatoms. The summed E-state index contributed by atoms with van der Waals surface area (Å²) >= 11 is 1.81. The average Bonchev–Trinajstić information content (AvgIpc) is 2.97. The van der Waals surface area contributed by atoms with Crippen molar-refractivity contribution >= 4 is 17.7 Å². The van der Waals surface area contributed by atoms with Crippen LogP contribution in [0.15, 0.2) is 30.3 Å². The molecule has 2 rings (SSSR count). The van der Waals surface area contributed by atoms with Gasteiger partial charge >= 0.3 is 5.97 Å². The molecule has 1 aliphatic rings. The van der Waals surface area contributed by atoms with Gasteiger partial charge in [-0.05, 0) is 24.9 Å². The van der Waals surface area contributed by atoms with Gasteiger partial charge in [0.25, 0.3) is 0 Å². The molecule has 0 bridgehead atoms. The molecule has 0 amide bonds. The first-order valence-corrected chi connectivity index (χ1v) is 8.39. The van der Waals surface area contributed by atoms with E-state index >= 15 is 0 Å². The predicted octanol–water partition coefficient (Wildman–Crippen LogP) is 3.25. The van der Waals surface area contributed by atoms with Crippen molar-refractivity contribution in [1.82, 2.24) is 5.32 Å². The summed E-state index contributed by atoms with van der Waals surface area (Å²) < 4.78 is 0. The first-order chi connectivity index (χ1) is 9.69. The quantitative estimate of drug-likeness (QED) is 0.810. The van der Waals surface area contributed by atoms with Crippen molar-refractivity contribution in [2.45, 2.75) is 43.4 Å². The van der Waals surface area contributed by atoms with Gasteiger partial charge in [-0.2, -0.15) is 11.8 Å². The average molecular weight is 293 g/mol. The molecule has 0 aromatic heterocycles. The third-order valence-corrected chi connectivity index (χ3v) is 5.49. The number of likely N-dealkylation sites (N-methyl/N-ethyl adjacent to an activating group) is 1. The molecular weight excluding hydrogens is 270 g/mol. The lowest BCUT2D eigenvalue weighted by molar-refractivity contribution is -0.144. The van der Waals surface area contributed by atoms with Crippen molar-refractivity contribution in [3.05, 3.63) is 35.9 Å². The maximum Gasteiger partial charge on any atom is 0.329 e. The summed E-state index contributed by atoms with van der Waals surface area (Å²) in [5.74, 6) is -0.193. The standard InChI is InChI=1S/C16H23NO2S/c1-2-17-16(15(18)19,13-8-4-3-5-9-13)12-20-14-10-6-7-11-14/h3-5,8-9,14,17H,2,6-7,10-12H2,1H3,(H,18,19). The molecule has 0 radical (unpaired) electrons. The van der Waals surface area contributed by atoms with E-state index in [9.17, 15) is 9.90 Å². The molecule has 1 atom stereocenters. The van der Waals surface area contributed by atoms with Crippen LogP contribution in [-0.4, -0.2) is 28.6 Å². The van der Waals surface area contributed by atoms with E-state index in [-0.39, 0.29) is 0 Å². The summed E-state index contributed by atoms with van der Waals surface area (Å²) in [6, 6.07) is 9.55. The smallest absolute Gasteiger partial charge is 0.329 e. The van der Waals surface area contributed by atoms with Crippen LogP contribution in [0.4, 0.5) is 0 Å². The molecule has 1 aromatic rings. The number of nitrogens with one attached hydrogen (secondary N) is 1. The topological polar surface area (TPSA) is 49.3 Å². The molecule has 0 aliphatic heterocycles. The van der Waals surface area contributed by atoms with Crippen LogP contribution in [0.25, 0.3) is 0 Å². The summed E-state index contributed by atoms with van der Waals surface area (Å²) in [5, 5.41) is 13.6. The van der Waals surface area contributed by atoms with Gasteiger partial charge in [-0.25, -0.2) is 4.79 Å². The molecule has 1 saturated carbocycles. The summed E-state index contributed by atoms with van der Waals surface area (Å²) in [4.78, 5) is 11.9. The number of carboxylic acids is 1. The summed E-state index contributed by atoms with van der Waals surface area (Å²) in [7, 11) is 0. The molecule has 3 nitrogen and oxygen atoms in total. The second-order valence-electron chi connectivity index (χ2n) is 5.32. The van der Waals surface area contributed by atoms with Crippen LogP contribution in [-0.2, 0) is 10.3 Å². The van der Waals surface area contributed by atoms with Crippen LogP contribution in [0.5, 0.6) is 0 Å². The fraction of sp³-hybridized carbons (Fsp3) is 0.562. The third-order valence-electron chi connectivity index (χ3n) is 3.95. The van der Waals surface area contributed by atoms with Crippen molar-refractivity contribution in [2.75, 3.05) is 12.3 Å². The fourth-order valence-corrected chi connectivity index (χ4v) is 4.36. The SMILES string of the molecule is CCNC(CSC1CCCC1)(C(=O)O)c1ccccc1. The first kappa shape index (κ1) is 15.4. The van der Waals surface area contributed by atoms with Crippen LogP contribution in [0.2, 0.25) is 0 Å². The molecule has 2 N–H and O–H groups in total. The molecular formula is C16H23NO2S. The summed E-state index contributed by atoms with van der Waals surface area (Å²) in [6.45, 7) is 2.60. The highest BCUT2D eigenvalue weighted by Gasteiger charge is 2.40. The predicted molar refractivity (Wildman–Crippen MR) is 84.1 cm³/mol. The van der Waals surface area contributed by atoms with E-state index in [1.54, 1.807) is 0 Å². The van der Waals surface area contributed by atoms with Crippen molar-refractivity contribution in [2.24, 2.45) is 0 Å². The minimum Gasteiger partial charge on any atom is -0.480 e. The van der Waals surface area contributed by atoms with Crippen LogP contribution >= 0.6 is 11.8 Å².